The smallest absolute Gasteiger partial charge is 0.244 e. The predicted octanol–water partition coefficient (Wildman–Crippen LogP) is 3.75. The van der Waals surface area contributed by atoms with Gasteiger partial charge in [-0.15, -0.1) is 0 Å². The first-order valence-electron chi connectivity index (χ1n) is 10.9. The zero-order valence-corrected chi connectivity index (χ0v) is 19.6. The summed E-state index contributed by atoms with van der Waals surface area (Å²) in [6.07, 6.45) is 3.49. The lowest BCUT2D eigenvalue weighted by Gasteiger charge is -2.22. The van der Waals surface area contributed by atoms with Gasteiger partial charge in [0.2, 0.25) is 15.9 Å². The highest BCUT2D eigenvalue weighted by Gasteiger charge is 2.26. The second-order valence-electron chi connectivity index (χ2n) is 7.99. The Hall–Kier alpha value is -3.04. The summed E-state index contributed by atoms with van der Waals surface area (Å²) in [5.74, 6) is -1.22. The van der Waals surface area contributed by atoms with E-state index in [1.807, 2.05) is 36.4 Å². The van der Waals surface area contributed by atoms with Crippen molar-refractivity contribution < 1.29 is 17.6 Å². The third-order valence-electron chi connectivity index (χ3n) is 5.34. The standard InChI is InChI=1S/C24H29FN4O3S/c1-18(28-33(31,32)23-15-9-8-14-21(23)25)24(30)29(2)16-10-4-7-13-20-17-22(27-26-20)19-11-5-3-6-12-19/h3,5-6,8-9,11-12,14-15,17-18,28H,4,7,10,13,16H2,1-2H3,(H,26,27)/t18-/m0/s1. The van der Waals surface area contributed by atoms with Gasteiger partial charge in [0.1, 0.15) is 10.7 Å². The molecule has 1 aromatic heterocycles. The van der Waals surface area contributed by atoms with Gasteiger partial charge in [0.25, 0.3) is 0 Å². The number of hydrogen-bond donors (Lipinski definition) is 2. The highest BCUT2D eigenvalue weighted by atomic mass is 32.2. The zero-order valence-electron chi connectivity index (χ0n) is 18.8. The van der Waals surface area contributed by atoms with Crippen LogP contribution in [-0.2, 0) is 21.2 Å². The molecule has 0 saturated heterocycles. The van der Waals surface area contributed by atoms with Crippen molar-refractivity contribution in [3.05, 3.63) is 72.2 Å². The Kier molecular flexibility index (Phi) is 8.35. The van der Waals surface area contributed by atoms with Gasteiger partial charge in [0.15, 0.2) is 0 Å². The van der Waals surface area contributed by atoms with Crippen LogP contribution in [-0.4, -0.2) is 49.1 Å². The average Bonchev–Trinajstić information content (AvgIpc) is 3.27. The minimum absolute atomic E-state index is 0.365. The molecule has 0 aliphatic heterocycles. The molecule has 2 aromatic carbocycles. The van der Waals surface area contributed by atoms with Gasteiger partial charge in [-0.2, -0.15) is 9.82 Å². The van der Waals surface area contributed by atoms with Gasteiger partial charge in [-0.25, -0.2) is 12.8 Å². The maximum absolute atomic E-state index is 13.8. The fourth-order valence-corrected chi connectivity index (χ4v) is 4.81. The molecular formula is C24H29FN4O3S. The second kappa shape index (κ2) is 11.2. The molecule has 0 bridgehead atoms. The van der Waals surface area contributed by atoms with E-state index in [0.29, 0.717) is 6.54 Å². The Bertz CT molecular complexity index is 1170. The Morgan fingerprint density at radius 2 is 1.79 bits per heavy atom. The minimum Gasteiger partial charge on any atom is -0.344 e. The maximum atomic E-state index is 13.8. The first-order chi connectivity index (χ1) is 15.8. The van der Waals surface area contributed by atoms with Crippen LogP contribution in [0.25, 0.3) is 11.3 Å². The summed E-state index contributed by atoms with van der Waals surface area (Å²) in [5.41, 5.74) is 3.05. The van der Waals surface area contributed by atoms with Gasteiger partial charge in [-0.3, -0.25) is 9.89 Å². The molecule has 7 nitrogen and oxygen atoms in total. The van der Waals surface area contributed by atoms with Gasteiger partial charge in [0.05, 0.1) is 11.7 Å². The van der Waals surface area contributed by atoms with Crippen molar-refractivity contribution in [2.45, 2.75) is 43.5 Å². The lowest BCUT2D eigenvalue weighted by Crippen LogP contribution is -2.45. The van der Waals surface area contributed by atoms with Crippen LogP contribution in [0, 0.1) is 5.82 Å². The summed E-state index contributed by atoms with van der Waals surface area (Å²) < 4.78 is 40.9. The highest BCUT2D eigenvalue weighted by molar-refractivity contribution is 7.89. The summed E-state index contributed by atoms with van der Waals surface area (Å²) in [7, 11) is -2.49. The van der Waals surface area contributed by atoms with E-state index in [4.69, 9.17) is 0 Å². The third-order valence-corrected chi connectivity index (χ3v) is 6.92. The SMILES string of the molecule is C[C@H](NS(=O)(=O)c1ccccc1F)C(=O)N(C)CCCCCc1cc(-c2ccccc2)n[nH]1. The molecule has 0 saturated carbocycles. The second-order valence-corrected chi connectivity index (χ2v) is 9.67. The van der Waals surface area contributed by atoms with Crippen LogP contribution in [0.15, 0.2) is 65.6 Å². The number of aromatic nitrogens is 2. The lowest BCUT2D eigenvalue weighted by atomic mass is 10.1. The Morgan fingerprint density at radius 1 is 1.09 bits per heavy atom. The number of sulfonamides is 1. The van der Waals surface area contributed by atoms with Crippen molar-refractivity contribution in [3.63, 3.8) is 0 Å². The molecule has 2 N–H and O–H groups in total. The van der Waals surface area contributed by atoms with Crippen molar-refractivity contribution in [1.29, 1.82) is 0 Å². The molecule has 0 radical (unpaired) electrons. The molecule has 0 aliphatic rings. The van der Waals surface area contributed by atoms with E-state index < -0.39 is 26.8 Å². The molecule has 176 valence electrons. The van der Waals surface area contributed by atoms with Crippen molar-refractivity contribution in [2.24, 2.45) is 0 Å². The number of hydrogen-bond acceptors (Lipinski definition) is 4. The largest absolute Gasteiger partial charge is 0.344 e. The number of rotatable bonds is 11. The number of carbonyl (C=O) groups is 1. The topological polar surface area (TPSA) is 95.2 Å². The molecule has 0 unspecified atom stereocenters. The quantitative estimate of drug-likeness (QED) is 0.416. The van der Waals surface area contributed by atoms with E-state index >= 15 is 0 Å². The Labute approximate surface area is 194 Å². The number of nitrogens with one attached hydrogen (secondary N) is 2. The molecule has 1 amide bonds. The minimum atomic E-state index is -4.13. The van der Waals surface area contributed by atoms with E-state index in [-0.39, 0.29) is 5.91 Å². The lowest BCUT2D eigenvalue weighted by molar-refractivity contribution is -0.131. The fraction of sp³-hybridized carbons (Fsp3) is 0.333. The van der Waals surface area contributed by atoms with Crippen LogP contribution < -0.4 is 4.72 Å². The van der Waals surface area contributed by atoms with Crippen LogP contribution in [0.2, 0.25) is 0 Å². The average molecular weight is 473 g/mol. The molecular weight excluding hydrogens is 443 g/mol. The van der Waals surface area contributed by atoms with Gasteiger partial charge in [-0.05, 0) is 44.4 Å². The normalized spacial score (nSPS) is 12.5. The number of amides is 1. The van der Waals surface area contributed by atoms with Gasteiger partial charge in [0, 0.05) is 24.8 Å². The number of aromatic amines is 1. The van der Waals surface area contributed by atoms with E-state index in [1.165, 1.54) is 30.0 Å². The molecule has 0 spiro atoms. The van der Waals surface area contributed by atoms with E-state index in [0.717, 1.165) is 48.7 Å². The van der Waals surface area contributed by atoms with Crippen LogP contribution in [0.3, 0.4) is 0 Å². The maximum Gasteiger partial charge on any atom is 0.244 e. The molecule has 9 heteroatoms. The van der Waals surface area contributed by atoms with Crippen molar-refractivity contribution >= 4 is 15.9 Å². The first-order valence-corrected chi connectivity index (χ1v) is 12.4. The zero-order chi connectivity index (χ0) is 23.8. The van der Waals surface area contributed by atoms with Crippen LogP contribution in [0.1, 0.15) is 31.9 Å². The highest BCUT2D eigenvalue weighted by Crippen LogP contribution is 2.18. The van der Waals surface area contributed by atoms with E-state index in [1.54, 1.807) is 7.05 Å². The molecule has 0 fully saturated rings. The summed E-state index contributed by atoms with van der Waals surface area (Å²) >= 11 is 0. The van der Waals surface area contributed by atoms with Gasteiger partial charge < -0.3 is 4.90 Å². The van der Waals surface area contributed by atoms with Gasteiger partial charge >= 0.3 is 0 Å². The number of benzene rings is 2. The molecule has 1 heterocycles. The molecule has 1 atom stereocenters. The number of likely N-dealkylation sites (N-methyl/N-ethyl adjacent to an activating group) is 1. The summed E-state index contributed by atoms with van der Waals surface area (Å²) in [6, 6.07) is 16.1. The van der Waals surface area contributed by atoms with Crippen molar-refractivity contribution in [3.8, 4) is 11.3 Å². The van der Waals surface area contributed by atoms with Crippen LogP contribution in [0.5, 0.6) is 0 Å². The fourth-order valence-electron chi connectivity index (χ4n) is 3.54. The number of nitrogens with zero attached hydrogens (tertiary/aromatic N) is 2. The molecule has 0 aliphatic carbocycles. The van der Waals surface area contributed by atoms with Crippen LogP contribution >= 0.6 is 0 Å². The number of H-pyrrole nitrogens is 1. The molecule has 3 aromatic rings. The van der Waals surface area contributed by atoms with Crippen molar-refractivity contribution in [2.75, 3.05) is 13.6 Å². The Balaban J connectivity index is 1.40. The van der Waals surface area contributed by atoms with E-state index in [9.17, 15) is 17.6 Å². The Morgan fingerprint density at radius 3 is 2.52 bits per heavy atom. The number of carbonyl (C=O) groups excluding carboxylic acids is 1. The summed E-state index contributed by atoms with van der Waals surface area (Å²) in [5, 5.41) is 7.43. The number of aryl methyl sites for hydroxylation is 1. The molecule has 3 rings (SSSR count). The van der Waals surface area contributed by atoms with E-state index in [2.05, 4.69) is 14.9 Å². The summed E-state index contributed by atoms with van der Waals surface area (Å²) in [4.78, 5) is 13.6. The monoisotopic (exact) mass is 472 g/mol. The van der Waals surface area contributed by atoms with Gasteiger partial charge in [-0.1, -0.05) is 48.9 Å². The summed E-state index contributed by atoms with van der Waals surface area (Å²) in [6.45, 7) is 1.96. The predicted molar refractivity (Wildman–Crippen MR) is 125 cm³/mol. The number of halogens is 1. The number of unbranched alkanes of at least 4 members (excludes halogenated alkanes) is 2. The molecule has 33 heavy (non-hydrogen) atoms. The third kappa shape index (κ3) is 6.72. The van der Waals surface area contributed by atoms with Crippen molar-refractivity contribution in [1.82, 2.24) is 19.8 Å². The first kappa shape index (κ1) is 24.6. The van der Waals surface area contributed by atoms with Crippen LogP contribution in [0.4, 0.5) is 4.39 Å².